The zero-order valence-corrected chi connectivity index (χ0v) is 10.2. The first-order chi connectivity index (χ1) is 6.56. The molecule has 0 aliphatic rings. The van der Waals surface area contributed by atoms with E-state index in [1.807, 2.05) is 6.92 Å². The van der Waals surface area contributed by atoms with Crippen molar-refractivity contribution in [1.82, 2.24) is 0 Å². The van der Waals surface area contributed by atoms with Gasteiger partial charge in [0.1, 0.15) is 0 Å². The third-order valence-corrected chi connectivity index (χ3v) is 3.68. The standard InChI is InChI=1S/C9H9BrO3S/c1-3-13-9(12)7(11)6-4-5(2)8(10)14-6/h4H,3H2,1-2H3. The monoisotopic (exact) mass is 276 g/mol. The van der Waals surface area contributed by atoms with Gasteiger partial charge >= 0.3 is 5.97 Å². The molecule has 5 heteroatoms. The van der Waals surface area contributed by atoms with E-state index >= 15 is 0 Å². The Morgan fingerprint density at radius 3 is 2.64 bits per heavy atom. The number of thiophene rings is 1. The van der Waals surface area contributed by atoms with Crippen LogP contribution in [0, 0.1) is 6.92 Å². The molecule has 14 heavy (non-hydrogen) atoms. The van der Waals surface area contributed by atoms with E-state index in [1.165, 1.54) is 11.3 Å². The van der Waals surface area contributed by atoms with Gasteiger partial charge in [0.05, 0.1) is 15.3 Å². The van der Waals surface area contributed by atoms with Crippen molar-refractivity contribution >= 4 is 39.0 Å². The van der Waals surface area contributed by atoms with E-state index in [1.54, 1.807) is 13.0 Å². The second kappa shape index (κ2) is 4.70. The topological polar surface area (TPSA) is 43.4 Å². The molecule has 0 radical (unpaired) electrons. The molecule has 0 fully saturated rings. The highest BCUT2D eigenvalue weighted by Gasteiger charge is 2.20. The summed E-state index contributed by atoms with van der Waals surface area (Å²) in [7, 11) is 0. The summed E-state index contributed by atoms with van der Waals surface area (Å²) in [4.78, 5) is 22.9. The molecule has 0 spiro atoms. The van der Waals surface area contributed by atoms with Crippen molar-refractivity contribution in [2.45, 2.75) is 13.8 Å². The van der Waals surface area contributed by atoms with Gasteiger partial charge in [0.2, 0.25) is 0 Å². The summed E-state index contributed by atoms with van der Waals surface area (Å²) in [5.74, 6) is -1.37. The van der Waals surface area contributed by atoms with Gasteiger partial charge < -0.3 is 4.74 Å². The molecule has 1 rings (SSSR count). The number of ether oxygens (including phenoxy) is 1. The van der Waals surface area contributed by atoms with Crippen LogP contribution in [0.15, 0.2) is 9.85 Å². The molecule has 0 aliphatic carbocycles. The van der Waals surface area contributed by atoms with Crippen molar-refractivity contribution in [3.05, 3.63) is 20.3 Å². The normalized spacial score (nSPS) is 9.93. The second-order valence-electron chi connectivity index (χ2n) is 2.62. The number of rotatable bonds is 3. The summed E-state index contributed by atoms with van der Waals surface area (Å²) in [6.45, 7) is 3.75. The van der Waals surface area contributed by atoms with Gasteiger partial charge in [-0.15, -0.1) is 11.3 Å². The maximum absolute atomic E-state index is 11.4. The molecule has 0 saturated heterocycles. The second-order valence-corrected chi connectivity index (χ2v) is 4.99. The van der Waals surface area contributed by atoms with Crippen molar-refractivity contribution in [3.8, 4) is 0 Å². The van der Waals surface area contributed by atoms with Gasteiger partial charge in [0, 0.05) is 0 Å². The van der Waals surface area contributed by atoms with E-state index in [0.717, 1.165) is 9.35 Å². The number of ketones is 1. The summed E-state index contributed by atoms with van der Waals surface area (Å²) >= 11 is 4.53. The van der Waals surface area contributed by atoms with Crippen molar-refractivity contribution in [2.24, 2.45) is 0 Å². The molecule has 1 aromatic rings. The maximum atomic E-state index is 11.4. The Hall–Kier alpha value is -0.680. The Labute approximate surface area is 94.2 Å². The maximum Gasteiger partial charge on any atom is 0.380 e. The largest absolute Gasteiger partial charge is 0.460 e. The van der Waals surface area contributed by atoms with Gasteiger partial charge in [-0.2, -0.15) is 0 Å². The fourth-order valence-corrected chi connectivity index (χ4v) is 2.33. The molecule has 0 bridgehead atoms. The number of hydrogen-bond donors (Lipinski definition) is 0. The van der Waals surface area contributed by atoms with E-state index in [0.29, 0.717) is 4.88 Å². The first-order valence-electron chi connectivity index (χ1n) is 4.03. The van der Waals surface area contributed by atoms with Crippen LogP contribution in [0.2, 0.25) is 0 Å². The Morgan fingerprint density at radius 2 is 2.21 bits per heavy atom. The fraction of sp³-hybridized carbons (Fsp3) is 0.333. The van der Waals surface area contributed by atoms with E-state index in [4.69, 9.17) is 0 Å². The number of carbonyl (C=O) groups is 2. The Balaban J connectivity index is 2.84. The van der Waals surface area contributed by atoms with Crippen LogP contribution >= 0.6 is 27.3 Å². The molecular formula is C9H9BrO3S. The van der Waals surface area contributed by atoms with E-state index in [-0.39, 0.29) is 6.61 Å². The number of esters is 1. The fourth-order valence-electron chi connectivity index (χ4n) is 0.869. The summed E-state index contributed by atoms with van der Waals surface area (Å²) in [5, 5.41) is 0. The predicted octanol–water partition coefficient (Wildman–Crippen LogP) is 2.56. The van der Waals surface area contributed by atoms with E-state index in [2.05, 4.69) is 20.7 Å². The van der Waals surface area contributed by atoms with Crippen LogP contribution in [-0.2, 0) is 9.53 Å². The lowest BCUT2D eigenvalue weighted by atomic mass is 10.3. The predicted molar refractivity (Wildman–Crippen MR) is 57.7 cm³/mol. The SMILES string of the molecule is CCOC(=O)C(=O)c1cc(C)c(Br)s1. The lowest BCUT2D eigenvalue weighted by Gasteiger charge is -1.97. The van der Waals surface area contributed by atoms with Crippen LogP contribution in [0.4, 0.5) is 0 Å². The van der Waals surface area contributed by atoms with Crippen LogP contribution in [0.25, 0.3) is 0 Å². The van der Waals surface area contributed by atoms with Gasteiger partial charge in [0.25, 0.3) is 5.78 Å². The molecule has 0 aliphatic heterocycles. The van der Waals surface area contributed by atoms with Crippen molar-refractivity contribution in [1.29, 1.82) is 0 Å². The zero-order chi connectivity index (χ0) is 10.7. The highest BCUT2D eigenvalue weighted by atomic mass is 79.9. The third-order valence-electron chi connectivity index (χ3n) is 1.54. The Morgan fingerprint density at radius 1 is 1.57 bits per heavy atom. The first-order valence-corrected chi connectivity index (χ1v) is 5.64. The van der Waals surface area contributed by atoms with Crippen LogP contribution in [0.1, 0.15) is 22.2 Å². The van der Waals surface area contributed by atoms with Gasteiger partial charge in [-0.1, -0.05) is 0 Å². The lowest BCUT2D eigenvalue weighted by molar-refractivity contribution is -0.137. The number of hydrogen-bond acceptors (Lipinski definition) is 4. The number of halogens is 1. The van der Waals surface area contributed by atoms with Gasteiger partial charge in [-0.25, -0.2) is 4.79 Å². The summed E-state index contributed by atoms with van der Waals surface area (Å²) in [5.41, 5.74) is 0.947. The minimum absolute atomic E-state index is 0.218. The Bertz CT molecular complexity index is 351. The zero-order valence-electron chi connectivity index (χ0n) is 7.80. The number of aryl methyl sites for hydroxylation is 1. The minimum atomic E-state index is -0.791. The summed E-state index contributed by atoms with van der Waals surface area (Å²) < 4.78 is 5.48. The highest BCUT2D eigenvalue weighted by molar-refractivity contribution is 9.11. The molecule has 1 aromatic heterocycles. The van der Waals surface area contributed by atoms with Gasteiger partial charge in [-0.3, -0.25) is 4.79 Å². The molecule has 0 unspecified atom stereocenters. The molecule has 1 heterocycles. The third kappa shape index (κ3) is 2.42. The average Bonchev–Trinajstić information content (AvgIpc) is 2.46. The molecule has 0 amide bonds. The molecule has 0 aromatic carbocycles. The minimum Gasteiger partial charge on any atom is -0.460 e. The van der Waals surface area contributed by atoms with Crippen molar-refractivity contribution in [2.75, 3.05) is 6.61 Å². The summed E-state index contributed by atoms with van der Waals surface area (Å²) in [6, 6.07) is 1.67. The molecule has 0 N–H and O–H groups in total. The van der Waals surface area contributed by atoms with Gasteiger partial charge in [-0.05, 0) is 41.4 Å². The highest BCUT2D eigenvalue weighted by Crippen LogP contribution is 2.27. The van der Waals surface area contributed by atoms with Crippen LogP contribution in [0.3, 0.4) is 0 Å². The quantitative estimate of drug-likeness (QED) is 0.484. The Kier molecular flexibility index (Phi) is 3.83. The van der Waals surface area contributed by atoms with Crippen LogP contribution in [-0.4, -0.2) is 18.4 Å². The lowest BCUT2D eigenvalue weighted by Crippen LogP contribution is -2.16. The first kappa shape index (κ1) is 11.4. The van der Waals surface area contributed by atoms with Crippen molar-refractivity contribution in [3.63, 3.8) is 0 Å². The van der Waals surface area contributed by atoms with E-state index < -0.39 is 11.8 Å². The van der Waals surface area contributed by atoms with Gasteiger partial charge in [0.15, 0.2) is 0 Å². The smallest absolute Gasteiger partial charge is 0.380 e. The number of Topliss-reactive ketones (excluding diaryl/α,β-unsaturated/α-hetero) is 1. The molecule has 76 valence electrons. The molecule has 3 nitrogen and oxygen atoms in total. The van der Waals surface area contributed by atoms with Crippen LogP contribution in [0.5, 0.6) is 0 Å². The van der Waals surface area contributed by atoms with Crippen molar-refractivity contribution < 1.29 is 14.3 Å². The number of carbonyl (C=O) groups excluding carboxylic acids is 2. The van der Waals surface area contributed by atoms with E-state index in [9.17, 15) is 9.59 Å². The molecular weight excluding hydrogens is 268 g/mol. The van der Waals surface area contributed by atoms with Crippen LogP contribution < -0.4 is 0 Å². The average molecular weight is 277 g/mol. The summed E-state index contributed by atoms with van der Waals surface area (Å²) in [6.07, 6.45) is 0. The molecule has 0 saturated carbocycles. The molecule has 0 atom stereocenters.